The van der Waals surface area contributed by atoms with Crippen LogP contribution in [0, 0.1) is 5.41 Å². The van der Waals surface area contributed by atoms with E-state index in [2.05, 4.69) is 29.2 Å². The molecule has 4 heteroatoms. The van der Waals surface area contributed by atoms with Gasteiger partial charge in [-0.25, -0.2) is 0 Å². The van der Waals surface area contributed by atoms with Crippen LogP contribution in [0.5, 0.6) is 0 Å². The minimum Gasteiger partial charge on any atom is -0.364 e. The highest BCUT2D eigenvalue weighted by atomic mass is 32.2. The quantitative estimate of drug-likeness (QED) is 0.773. The summed E-state index contributed by atoms with van der Waals surface area (Å²) in [7, 11) is 2.21. The van der Waals surface area contributed by atoms with Gasteiger partial charge in [0.2, 0.25) is 0 Å². The first-order valence-electron chi connectivity index (χ1n) is 5.78. The van der Waals surface area contributed by atoms with Crippen molar-refractivity contribution in [2.75, 3.05) is 39.0 Å². The molecule has 15 heavy (non-hydrogen) atoms. The zero-order valence-electron chi connectivity index (χ0n) is 9.75. The number of nitrogens with one attached hydrogen (secondary N) is 1. The van der Waals surface area contributed by atoms with Crippen LogP contribution < -0.4 is 5.32 Å². The zero-order chi connectivity index (χ0) is 10.7. The molecule has 0 amide bonds. The van der Waals surface area contributed by atoms with Crippen molar-refractivity contribution in [3.05, 3.63) is 0 Å². The maximum Gasteiger partial charge on any atom is 0.156 e. The molecule has 3 nitrogen and oxygen atoms in total. The molecule has 1 N–H and O–H groups in total. The lowest BCUT2D eigenvalue weighted by Gasteiger charge is -2.38. The highest BCUT2D eigenvalue weighted by Gasteiger charge is 2.29. The number of thioether (sulfide) groups is 1. The molecule has 0 atom stereocenters. The highest BCUT2D eigenvalue weighted by molar-refractivity contribution is 8.14. The second-order valence-electron chi connectivity index (χ2n) is 5.00. The Labute approximate surface area is 96.7 Å². The number of rotatable bonds is 2. The lowest BCUT2D eigenvalue weighted by Crippen LogP contribution is -2.42. The van der Waals surface area contributed by atoms with E-state index in [1.54, 1.807) is 0 Å². The Morgan fingerprint density at radius 3 is 2.80 bits per heavy atom. The molecule has 2 heterocycles. The number of piperidine rings is 1. The van der Waals surface area contributed by atoms with Crippen LogP contribution in [0.25, 0.3) is 0 Å². The minimum absolute atomic E-state index is 0.470. The lowest BCUT2D eigenvalue weighted by molar-refractivity contribution is 0.142. The van der Waals surface area contributed by atoms with E-state index < -0.39 is 0 Å². The molecule has 0 radical (unpaired) electrons. The topological polar surface area (TPSA) is 27.6 Å². The van der Waals surface area contributed by atoms with E-state index in [4.69, 9.17) is 0 Å². The van der Waals surface area contributed by atoms with Crippen molar-refractivity contribution in [1.82, 2.24) is 10.2 Å². The van der Waals surface area contributed by atoms with Gasteiger partial charge in [0.05, 0.1) is 6.54 Å². The monoisotopic (exact) mass is 227 g/mol. The van der Waals surface area contributed by atoms with Gasteiger partial charge in [0.25, 0.3) is 0 Å². The smallest absolute Gasteiger partial charge is 0.156 e. The molecule has 0 bridgehead atoms. The van der Waals surface area contributed by atoms with Crippen molar-refractivity contribution in [3.63, 3.8) is 0 Å². The minimum atomic E-state index is 0.470. The summed E-state index contributed by atoms with van der Waals surface area (Å²) in [4.78, 5) is 6.84. The zero-order valence-corrected chi connectivity index (χ0v) is 10.6. The molecule has 2 rings (SSSR count). The fourth-order valence-electron chi connectivity index (χ4n) is 2.07. The van der Waals surface area contributed by atoms with Gasteiger partial charge in [-0.15, -0.1) is 0 Å². The van der Waals surface area contributed by atoms with E-state index >= 15 is 0 Å². The Morgan fingerprint density at radius 1 is 1.47 bits per heavy atom. The third kappa shape index (κ3) is 3.11. The van der Waals surface area contributed by atoms with Crippen LogP contribution in [0.3, 0.4) is 0 Å². The van der Waals surface area contributed by atoms with Crippen LogP contribution in [-0.2, 0) is 0 Å². The predicted octanol–water partition coefficient (Wildman–Crippen LogP) is 1.41. The largest absolute Gasteiger partial charge is 0.364 e. The molecule has 1 saturated heterocycles. The number of likely N-dealkylation sites (tertiary alicyclic amines) is 1. The van der Waals surface area contributed by atoms with Crippen LogP contribution in [0.4, 0.5) is 0 Å². The van der Waals surface area contributed by atoms with Gasteiger partial charge in [0, 0.05) is 12.3 Å². The van der Waals surface area contributed by atoms with Gasteiger partial charge < -0.3 is 10.2 Å². The van der Waals surface area contributed by atoms with Crippen LogP contribution in [-0.4, -0.2) is 49.0 Å². The molecule has 0 unspecified atom stereocenters. The number of amidine groups is 1. The fourth-order valence-corrected chi connectivity index (χ4v) is 2.80. The average Bonchev–Trinajstić information content (AvgIpc) is 2.73. The van der Waals surface area contributed by atoms with Crippen molar-refractivity contribution in [1.29, 1.82) is 0 Å². The molecular weight excluding hydrogens is 206 g/mol. The summed E-state index contributed by atoms with van der Waals surface area (Å²) in [5.74, 6) is 1.15. The molecular formula is C11H21N3S. The predicted molar refractivity (Wildman–Crippen MR) is 67.6 cm³/mol. The normalized spacial score (nSPS) is 26.4. The van der Waals surface area contributed by atoms with E-state index in [-0.39, 0.29) is 0 Å². The maximum absolute atomic E-state index is 4.42. The maximum atomic E-state index is 4.42. The average molecular weight is 227 g/mol. The van der Waals surface area contributed by atoms with E-state index in [1.165, 1.54) is 25.9 Å². The van der Waals surface area contributed by atoms with Gasteiger partial charge in [-0.1, -0.05) is 18.7 Å². The number of hydrogen-bond acceptors (Lipinski definition) is 4. The van der Waals surface area contributed by atoms with Crippen molar-refractivity contribution in [2.45, 2.75) is 19.8 Å². The van der Waals surface area contributed by atoms with Gasteiger partial charge in [0.1, 0.15) is 0 Å². The van der Waals surface area contributed by atoms with E-state index in [9.17, 15) is 0 Å². The first kappa shape index (κ1) is 11.3. The molecule has 1 fully saturated rings. The van der Waals surface area contributed by atoms with Crippen molar-refractivity contribution >= 4 is 16.9 Å². The van der Waals surface area contributed by atoms with Gasteiger partial charge >= 0.3 is 0 Å². The Bertz CT molecular complexity index is 244. The fraction of sp³-hybridized carbons (Fsp3) is 0.909. The SMILES string of the molecule is CN1CCC(C)(CNC2=NCCS2)CC1. The van der Waals surface area contributed by atoms with Gasteiger partial charge in [0.15, 0.2) is 5.17 Å². The number of nitrogens with zero attached hydrogens (tertiary/aromatic N) is 2. The molecule has 2 aliphatic rings. The van der Waals surface area contributed by atoms with Gasteiger partial charge in [-0.05, 0) is 38.4 Å². The van der Waals surface area contributed by atoms with Crippen LogP contribution >= 0.6 is 11.8 Å². The standard InChI is InChI=1S/C11H21N3S/c1-11(3-6-14(2)7-4-11)9-13-10-12-5-8-15-10/h3-9H2,1-2H3,(H,12,13). The van der Waals surface area contributed by atoms with E-state index in [0.717, 1.165) is 24.0 Å². The lowest BCUT2D eigenvalue weighted by atomic mass is 9.80. The molecule has 0 saturated carbocycles. The summed E-state index contributed by atoms with van der Waals surface area (Å²) in [6, 6.07) is 0. The van der Waals surface area contributed by atoms with Crippen molar-refractivity contribution in [2.24, 2.45) is 10.4 Å². The summed E-state index contributed by atoms with van der Waals surface area (Å²) < 4.78 is 0. The summed E-state index contributed by atoms with van der Waals surface area (Å²) in [5.41, 5.74) is 0.470. The molecule has 0 aromatic heterocycles. The second kappa shape index (κ2) is 4.74. The third-order valence-electron chi connectivity index (χ3n) is 3.45. The van der Waals surface area contributed by atoms with Crippen LogP contribution in [0.1, 0.15) is 19.8 Å². The van der Waals surface area contributed by atoms with E-state index in [0.29, 0.717) is 5.41 Å². The van der Waals surface area contributed by atoms with Gasteiger partial charge in [-0.2, -0.15) is 0 Å². The summed E-state index contributed by atoms with van der Waals surface area (Å²) in [6.07, 6.45) is 2.60. The number of hydrogen-bond donors (Lipinski definition) is 1. The highest BCUT2D eigenvalue weighted by Crippen LogP contribution is 2.29. The Hall–Kier alpha value is -0.220. The third-order valence-corrected chi connectivity index (χ3v) is 4.38. The van der Waals surface area contributed by atoms with Crippen LogP contribution in [0.2, 0.25) is 0 Å². The summed E-state index contributed by atoms with van der Waals surface area (Å²) >= 11 is 1.86. The summed E-state index contributed by atoms with van der Waals surface area (Å²) in [5, 5.41) is 4.66. The molecule has 2 aliphatic heterocycles. The molecule has 0 aliphatic carbocycles. The molecule has 0 spiro atoms. The Kier molecular flexibility index (Phi) is 3.57. The second-order valence-corrected chi connectivity index (χ2v) is 6.09. The first-order valence-corrected chi connectivity index (χ1v) is 6.76. The first-order chi connectivity index (χ1) is 7.18. The van der Waals surface area contributed by atoms with E-state index in [1.807, 2.05) is 11.8 Å². The molecule has 0 aromatic rings. The number of aliphatic imine (C=N–C) groups is 1. The van der Waals surface area contributed by atoms with Crippen molar-refractivity contribution < 1.29 is 0 Å². The molecule has 0 aromatic carbocycles. The van der Waals surface area contributed by atoms with Gasteiger partial charge in [-0.3, -0.25) is 4.99 Å². The van der Waals surface area contributed by atoms with Crippen LogP contribution in [0.15, 0.2) is 4.99 Å². The summed E-state index contributed by atoms with van der Waals surface area (Å²) in [6.45, 7) is 6.95. The Morgan fingerprint density at radius 2 is 2.20 bits per heavy atom. The molecule has 86 valence electrons. The van der Waals surface area contributed by atoms with Crippen molar-refractivity contribution in [3.8, 4) is 0 Å². The Balaban J connectivity index is 1.77.